The fourth-order valence-electron chi connectivity index (χ4n) is 5.21. The van der Waals surface area contributed by atoms with E-state index < -0.39 is 35.8 Å². The van der Waals surface area contributed by atoms with Crippen LogP contribution in [0.25, 0.3) is 0 Å². The molecular formula is C29H30ClNO5S. The number of carbonyl (C=O) groups excluding carboxylic acids is 2. The minimum atomic E-state index is -1.27. The molecule has 8 heteroatoms. The van der Waals surface area contributed by atoms with Gasteiger partial charge in [0.05, 0.1) is 16.8 Å². The molecule has 37 heavy (non-hydrogen) atoms. The molecular weight excluding hydrogens is 510 g/mol. The van der Waals surface area contributed by atoms with Crippen LogP contribution in [0.1, 0.15) is 59.1 Å². The van der Waals surface area contributed by atoms with Gasteiger partial charge in [-0.15, -0.1) is 11.3 Å². The van der Waals surface area contributed by atoms with Crippen molar-refractivity contribution in [2.45, 2.75) is 44.2 Å². The number of carbonyl (C=O) groups is 3. The maximum absolute atomic E-state index is 14.1. The maximum atomic E-state index is 14.1. The molecule has 1 fully saturated rings. The van der Waals surface area contributed by atoms with Gasteiger partial charge in [0.2, 0.25) is 5.91 Å². The van der Waals surface area contributed by atoms with Crippen molar-refractivity contribution in [3.05, 3.63) is 92.6 Å². The molecule has 0 aliphatic carbocycles. The first-order valence-electron chi connectivity index (χ1n) is 12.0. The van der Waals surface area contributed by atoms with Crippen LogP contribution >= 0.6 is 22.9 Å². The second-order valence-electron chi connectivity index (χ2n) is 10.3. The summed E-state index contributed by atoms with van der Waals surface area (Å²) < 4.78 is 5.12. The van der Waals surface area contributed by atoms with E-state index in [4.69, 9.17) is 16.3 Å². The third-order valence-corrected chi connectivity index (χ3v) is 8.05. The number of hydrogen-bond donors (Lipinski definition) is 1. The van der Waals surface area contributed by atoms with E-state index in [0.717, 1.165) is 5.56 Å². The van der Waals surface area contributed by atoms with Crippen LogP contribution in [0.2, 0.25) is 5.02 Å². The number of thiophene rings is 1. The number of likely N-dealkylation sites (tertiary alicyclic amines) is 1. The molecule has 3 aromatic rings. The highest BCUT2D eigenvalue weighted by Gasteiger charge is 2.57. The molecule has 1 aliphatic heterocycles. The molecule has 194 valence electrons. The second kappa shape index (κ2) is 10.8. The first kappa shape index (κ1) is 27.0. The summed E-state index contributed by atoms with van der Waals surface area (Å²) in [5, 5.41) is 12.8. The van der Waals surface area contributed by atoms with Gasteiger partial charge in [0.15, 0.2) is 5.78 Å². The van der Waals surface area contributed by atoms with Crippen molar-refractivity contribution in [2.75, 3.05) is 13.7 Å². The van der Waals surface area contributed by atoms with Crippen LogP contribution in [-0.4, -0.2) is 47.4 Å². The molecule has 1 saturated heterocycles. The van der Waals surface area contributed by atoms with Crippen molar-refractivity contribution in [2.24, 2.45) is 5.92 Å². The Morgan fingerprint density at radius 1 is 1.00 bits per heavy atom. The van der Waals surface area contributed by atoms with Gasteiger partial charge in [0.1, 0.15) is 12.6 Å². The standard InChI is InChI=1S/C29H30ClNO5S/c1-29(2,3)19-11-7-17(8-12-19)23-24(27(33)21-6-5-15-37-21)25(18-9-13-20(30)14-10-18)31(22(32)16-36-4)26(23)28(34)35/h5-15,23-26H,16H2,1-4H3,(H,34,35). The summed E-state index contributed by atoms with van der Waals surface area (Å²) in [6, 6.07) is 16.0. The van der Waals surface area contributed by atoms with Crippen molar-refractivity contribution in [3.63, 3.8) is 0 Å². The first-order valence-corrected chi connectivity index (χ1v) is 13.3. The number of amides is 1. The maximum Gasteiger partial charge on any atom is 0.327 e. The summed E-state index contributed by atoms with van der Waals surface area (Å²) in [4.78, 5) is 42.2. The fourth-order valence-corrected chi connectivity index (χ4v) is 6.04. The number of Topliss-reactive ketones (excluding diaryl/α,β-unsaturated/α-hetero) is 1. The van der Waals surface area contributed by atoms with Crippen molar-refractivity contribution < 1.29 is 24.2 Å². The summed E-state index contributed by atoms with van der Waals surface area (Å²) in [6.45, 7) is 6.00. The van der Waals surface area contributed by atoms with E-state index >= 15 is 0 Å². The molecule has 1 aromatic heterocycles. The molecule has 6 nitrogen and oxygen atoms in total. The molecule has 0 saturated carbocycles. The number of rotatable bonds is 7. The third kappa shape index (κ3) is 5.35. The highest BCUT2D eigenvalue weighted by atomic mass is 35.5. The Labute approximate surface area is 225 Å². The lowest BCUT2D eigenvalue weighted by molar-refractivity contribution is -0.151. The monoisotopic (exact) mass is 539 g/mol. The predicted molar refractivity (Wildman–Crippen MR) is 144 cm³/mol. The molecule has 4 atom stereocenters. The number of ketones is 1. The number of hydrogen-bond acceptors (Lipinski definition) is 5. The zero-order chi connectivity index (χ0) is 26.9. The molecule has 1 aliphatic rings. The lowest BCUT2D eigenvalue weighted by Gasteiger charge is -2.30. The van der Waals surface area contributed by atoms with E-state index in [-0.39, 0.29) is 17.8 Å². The summed E-state index contributed by atoms with van der Waals surface area (Å²) in [5.41, 5.74) is 2.33. The molecule has 2 aromatic carbocycles. The van der Waals surface area contributed by atoms with E-state index in [0.29, 0.717) is 21.0 Å². The third-order valence-electron chi connectivity index (χ3n) is 6.92. The molecule has 0 spiro atoms. The smallest absolute Gasteiger partial charge is 0.327 e. The van der Waals surface area contributed by atoms with Gasteiger partial charge < -0.3 is 14.7 Å². The Kier molecular flexibility index (Phi) is 7.88. The second-order valence-corrected chi connectivity index (χ2v) is 11.7. The van der Waals surface area contributed by atoms with Gasteiger partial charge in [-0.1, -0.05) is 74.8 Å². The SMILES string of the molecule is COCC(=O)N1C(C(=O)O)C(c2ccc(C(C)(C)C)cc2)C(C(=O)c2cccs2)C1c1ccc(Cl)cc1. The van der Waals surface area contributed by atoms with Crippen LogP contribution in [0, 0.1) is 5.92 Å². The van der Waals surface area contributed by atoms with Gasteiger partial charge in [0, 0.05) is 18.1 Å². The van der Waals surface area contributed by atoms with Crippen molar-refractivity contribution in [1.29, 1.82) is 0 Å². The van der Waals surface area contributed by atoms with Crippen molar-refractivity contribution in [1.82, 2.24) is 4.90 Å². The minimum Gasteiger partial charge on any atom is -0.480 e. The van der Waals surface area contributed by atoms with Crippen molar-refractivity contribution >= 4 is 40.6 Å². The average molecular weight is 540 g/mol. The Bertz CT molecular complexity index is 1270. The normalized spacial score (nSPS) is 21.7. The zero-order valence-corrected chi connectivity index (χ0v) is 22.8. The van der Waals surface area contributed by atoms with Crippen LogP contribution in [-0.2, 0) is 19.7 Å². The summed E-state index contributed by atoms with van der Waals surface area (Å²) >= 11 is 7.45. The number of benzene rings is 2. The molecule has 4 rings (SSSR count). The largest absolute Gasteiger partial charge is 0.480 e. The molecule has 4 unspecified atom stereocenters. The molecule has 2 heterocycles. The Morgan fingerprint density at radius 3 is 2.14 bits per heavy atom. The van der Waals surface area contributed by atoms with E-state index in [9.17, 15) is 19.5 Å². The highest BCUT2D eigenvalue weighted by molar-refractivity contribution is 7.12. The van der Waals surface area contributed by atoms with Crippen molar-refractivity contribution in [3.8, 4) is 0 Å². The topological polar surface area (TPSA) is 83.9 Å². The van der Waals surface area contributed by atoms with Gasteiger partial charge in [-0.25, -0.2) is 4.79 Å². The number of halogens is 1. The van der Waals surface area contributed by atoms with Crippen LogP contribution in [0.3, 0.4) is 0 Å². The lowest BCUT2D eigenvalue weighted by atomic mass is 9.76. The predicted octanol–water partition coefficient (Wildman–Crippen LogP) is 5.96. The number of aliphatic carboxylic acids is 1. The fraction of sp³-hybridized carbons (Fsp3) is 0.345. The number of methoxy groups -OCH3 is 1. The quantitative estimate of drug-likeness (QED) is 0.374. The summed E-state index contributed by atoms with van der Waals surface area (Å²) in [7, 11) is 1.39. The number of carboxylic acids is 1. The van der Waals surface area contributed by atoms with Crippen LogP contribution < -0.4 is 0 Å². The number of carboxylic acid groups (broad SMARTS) is 1. The van der Waals surface area contributed by atoms with E-state index in [1.807, 2.05) is 29.6 Å². The summed E-state index contributed by atoms with van der Waals surface area (Å²) in [5.74, 6) is -3.47. The average Bonchev–Trinajstić information content (AvgIpc) is 3.51. The van der Waals surface area contributed by atoms with Gasteiger partial charge in [0.25, 0.3) is 0 Å². The molecule has 0 bridgehead atoms. The van der Waals surface area contributed by atoms with Gasteiger partial charge in [-0.05, 0) is 45.7 Å². The van der Waals surface area contributed by atoms with E-state index in [2.05, 4.69) is 20.8 Å². The van der Waals surface area contributed by atoms with E-state index in [1.54, 1.807) is 36.4 Å². The first-order chi connectivity index (χ1) is 17.5. The minimum absolute atomic E-state index is 0.0983. The number of nitrogens with zero attached hydrogens (tertiary/aromatic N) is 1. The Hall–Kier alpha value is -3.00. The Balaban J connectivity index is 1.95. The van der Waals surface area contributed by atoms with Crippen LogP contribution in [0.5, 0.6) is 0 Å². The van der Waals surface area contributed by atoms with Crippen LogP contribution in [0.15, 0.2) is 66.0 Å². The molecule has 0 radical (unpaired) electrons. The van der Waals surface area contributed by atoms with Gasteiger partial charge in [-0.2, -0.15) is 0 Å². The highest BCUT2D eigenvalue weighted by Crippen LogP contribution is 2.51. The molecule has 1 N–H and O–H groups in total. The van der Waals surface area contributed by atoms with Crippen LogP contribution in [0.4, 0.5) is 0 Å². The number of ether oxygens (including phenoxy) is 1. The summed E-state index contributed by atoms with van der Waals surface area (Å²) in [6.07, 6.45) is 0. The van der Waals surface area contributed by atoms with E-state index in [1.165, 1.54) is 23.3 Å². The Morgan fingerprint density at radius 2 is 1.62 bits per heavy atom. The zero-order valence-electron chi connectivity index (χ0n) is 21.2. The molecule has 1 amide bonds. The van der Waals surface area contributed by atoms with Gasteiger partial charge in [-0.3, -0.25) is 9.59 Å². The van der Waals surface area contributed by atoms with Gasteiger partial charge >= 0.3 is 5.97 Å². The lowest BCUT2D eigenvalue weighted by Crippen LogP contribution is -2.45.